The van der Waals surface area contributed by atoms with Gasteiger partial charge in [-0.1, -0.05) is 29.8 Å². The molecule has 0 aliphatic heterocycles. The summed E-state index contributed by atoms with van der Waals surface area (Å²) in [5.74, 6) is -0.352. The maximum atomic E-state index is 11.8. The van der Waals surface area contributed by atoms with Gasteiger partial charge < -0.3 is 4.74 Å². The van der Waals surface area contributed by atoms with Gasteiger partial charge >= 0.3 is 5.97 Å². The molecule has 0 fully saturated rings. The first-order valence-electron chi connectivity index (χ1n) is 5.60. The van der Waals surface area contributed by atoms with Crippen LogP contribution >= 0.6 is 11.6 Å². The van der Waals surface area contributed by atoms with Crippen LogP contribution in [0.25, 0.3) is 11.3 Å². The summed E-state index contributed by atoms with van der Waals surface area (Å²) in [4.78, 5) is 16.1. The number of carbonyl (C=O) groups excluding carboxylic acids is 1. The first-order valence-corrected chi connectivity index (χ1v) is 5.98. The number of aromatic nitrogens is 1. The van der Waals surface area contributed by atoms with Crippen molar-refractivity contribution < 1.29 is 9.53 Å². The van der Waals surface area contributed by atoms with Crippen LogP contribution in [0.5, 0.6) is 0 Å². The third kappa shape index (κ3) is 2.68. The highest BCUT2D eigenvalue weighted by atomic mass is 35.5. The molecule has 3 nitrogen and oxygen atoms in total. The van der Waals surface area contributed by atoms with Gasteiger partial charge in [0.1, 0.15) is 0 Å². The predicted octanol–water partition coefficient (Wildman–Crippen LogP) is 3.58. The Balaban J connectivity index is 2.48. The number of hydrogen-bond acceptors (Lipinski definition) is 3. The summed E-state index contributed by atoms with van der Waals surface area (Å²) in [6, 6.07) is 10.6. The molecule has 0 unspecified atom stereocenters. The van der Waals surface area contributed by atoms with Crippen LogP contribution in [0, 0.1) is 0 Å². The van der Waals surface area contributed by atoms with Gasteiger partial charge in [0.2, 0.25) is 0 Å². The minimum Gasteiger partial charge on any atom is -0.462 e. The lowest BCUT2D eigenvalue weighted by Gasteiger charge is -2.08. The molecule has 2 aromatic rings. The Morgan fingerprint density at radius 2 is 2.11 bits per heavy atom. The molecule has 0 radical (unpaired) electrons. The van der Waals surface area contributed by atoms with Crippen LogP contribution in [-0.4, -0.2) is 17.6 Å². The fraction of sp³-hybridized carbons (Fsp3) is 0.143. The first kappa shape index (κ1) is 12.6. The molecule has 0 bridgehead atoms. The van der Waals surface area contributed by atoms with Crippen LogP contribution in [0.4, 0.5) is 0 Å². The summed E-state index contributed by atoms with van der Waals surface area (Å²) in [6.07, 6.45) is 1.61. The van der Waals surface area contributed by atoms with Gasteiger partial charge in [-0.2, -0.15) is 0 Å². The molecular formula is C14H12ClNO2. The molecule has 0 atom stereocenters. The molecule has 0 saturated heterocycles. The fourth-order valence-corrected chi connectivity index (χ4v) is 1.81. The second kappa shape index (κ2) is 5.65. The highest BCUT2D eigenvalue weighted by Gasteiger charge is 2.13. The Labute approximate surface area is 110 Å². The van der Waals surface area contributed by atoms with E-state index in [1.54, 1.807) is 37.4 Å². The first-order chi connectivity index (χ1) is 8.72. The largest absolute Gasteiger partial charge is 0.462 e. The van der Waals surface area contributed by atoms with E-state index >= 15 is 0 Å². The molecular weight excluding hydrogens is 250 g/mol. The Morgan fingerprint density at radius 1 is 1.33 bits per heavy atom. The second-order valence-corrected chi connectivity index (χ2v) is 4.06. The number of pyridine rings is 1. The number of esters is 1. The molecule has 0 spiro atoms. The van der Waals surface area contributed by atoms with Crippen molar-refractivity contribution in [2.24, 2.45) is 0 Å². The zero-order valence-corrected chi connectivity index (χ0v) is 10.6. The van der Waals surface area contributed by atoms with E-state index in [9.17, 15) is 4.79 Å². The quantitative estimate of drug-likeness (QED) is 0.793. The lowest BCUT2D eigenvalue weighted by Crippen LogP contribution is -2.06. The van der Waals surface area contributed by atoms with Gasteiger partial charge in [-0.15, -0.1) is 0 Å². The number of benzene rings is 1. The van der Waals surface area contributed by atoms with Crippen LogP contribution in [-0.2, 0) is 4.74 Å². The summed E-state index contributed by atoms with van der Waals surface area (Å²) in [5.41, 5.74) is 1.87. The number of nitrogens with zero attached hydrogens (tertiary/aromatic N) is 1. The predicted molar refractivity (Wildman–Crippen MR) is 70.6 cm³/mol. The van der Waals surface area contributed by atoms with E-state index in [0.29, 0.717) is 22.9 Å². The SMILES string of the molecule is CCOC(=O)c1ccccc1-c1cc(Cl)ccn1. The zero-order chi connectivity index (χ0) is 13.0. The lowest BCUT2D eigenvalue weighted by atomic mass is 10.0. The molecule has 0 saturated carbocycles. The molecule has 0 amide bonds. The average molecular weight is 262 g/mol. The van der Waals surface area contributed by atoms with Crippen molar-refractivity contribution in [3.8, 4) is 11.3 Å². The topological polar surface area (TPSA) is 39.2 Å². The van der Waals surface area contributed by atoms with E-state index in [1.807, 2.05) is 12.1 Å². The van der Waals surface area contributed by atoms with Crippen molar-refractivity contribution in [2.45, 2.75) is 6.92 Å². The maximum Gasteiger partial charge on any atom is 0.338 e. The third-order valence-corrected chi connectivity index (χ3v) is 2.66. The third-order valence-electron chi connectivity index (χ3n) is 2.42. The zero-order valence-electron chi connectivity index (χ0n) is 9.89. The van der Waals surface area contributed by atoms with Crippen LogP contribution in [0.3, 0.4) is 0 Å². The minimum atomic E-state index is -0.352. The summed E-state index contributed by atoms with van der Waals surface area (Å²) >= 11 is 5.93. The van der Waals surface area contributed by atoms with Crippen LogP contribution in [0.1, 0.15) is 17.3 Å². The van der Waals surface area contributed by atoms with Crippen LogP contribution < -0.4 is 0 Å². The van der Waals surface area contributed by atoms with Crippen molar-refractivity contribution in [3.05, 3.63) is 53.2 Å². The van der Waals surface area contributed by atoms with Crippen molar-refractivity contribution >= 4 is 17.6 Å². The summed E-state index contributed by atoms with van der Waals surface area (Å²) < 4.78 is 5.02. The molecule has 4 heteroatoms. The normalized spacial score (nSPS) is 10.1. The van der Waals surface area contributed by atoms with E-state index in [4.69, 9.17) is 16.3 Å². The highest BCUT2D eigenvalue weighted by Crippen LogP contribution is 2.24. The Bertz CT molecular complexity index is 569. The van der Waals surface area contributed by atoms with Crippen molar-refractivity contribution in [2.75, 3.05) is 6.61 Å². The molecule has 1 aromatic heterocycles. The van der Waals surface area contributed by atoms with Gasteiger partial charge in [-0.05, 0) is 25.1 Å². The Morgan fingerprint density at radius 3 is 2.83 bits per heavy atom. The molecule has 92 valence electrons. The Kier molecular flexibility index (Phi) is 3.95. The lowest BCUT2D eigenvalue weighted by molar-refractivity contribution is 0.0527. The van der Waals surface area contributed by atoms with Crippen LogP contribution in [0.2, 0.25) is 5.02 Å². The number of ether oxygens (including phenoxy) is 1. The monoisotopic (exact) mass is 261 g/mol. The molecule has 1 heterocycles. The molecule has 2 rings (SSSR count). The fourth-order valence-electron chi connectivity index (χ4n) is 1.65. The smallest absolute Gasteiger partial charge is 0.338 e. The van der Waals surface area contributed by atoms with Gasteiger partial charge in [0.05, 0.1) is 17.9 Å². The van der Waals surface area contributed by atoms with Gasteiger partial charge in [0.25, 0.3) is 0 Å². The molecule has 0 N–H and O–H groups in total. The summed E-state index contributed by atoms with van der Waals surface area (Å²) in [5, 5.41) is 0.582. The van der Waals surface area contributed by atoms with E-state index in [0.717, 1.165) is 5.56 Å². The molecule has 0 aliphatic rings. The van der Waals surface area contributed by atoms with Crippen molar-refractivity contribution in [1.29, 1.82) is 0 Å². The van der Waals surface area contributed by atoms with Crippen LogP contribution in [0.15, 0.2) is 42.6 Å². The van der Waals surface area contributed by atoms with Crippen molar-refractivity contribution in [1.82, 2.24) is 4.98 Å². The maximum absolute atomic E-state index is 11.8. The average Bonchev–Trinajstić information content (AvgIpc) is 2.39. The molecule has 1 aromatic carbocycles. The molecule has 0 aliphatic carbocycles. The second-order valence-electron chi connectivity index (χ2n) is 3.63. The minimum absolute atomic E-state index is 0.343. The number of carbonyl (C=O) groups is 1. The van der Waals surface area contributed by atoms with Crippen molar-refractivity contribution in [3.63, 3.8) is 0 Å². The van der Waals surface area contributed by atoms with Gasteiger partial charge in [0.15, 0.2) is 0 Å². The van der Waals surface area contributed by atoms with Gasteiger partial charge in [-0.3, -0.25) is 4.98 Å². The number of rotatable bonds is 3. The highest BCUT2D eigenvalue weighted by molar-refractivity contribution is 6.30. The van der Waals surface area contributed by atoms with Gasteiger partial charge in [-0.25, -0.2) is 4.79 Å². The Hall–Kier alpha value is -1.87. The standard InChI is InChI=1S/C14H12ClNO2/c1-2-18-14(17)12-6-4-3-5-11(12)13-9-10(15)7-8-16-13/h3-9H,2H2,1H3. The van der Waals surface area contributed by atoms with E-state index < -0.39 is 0 Å². The van der Waals surface area contributed by atoms with E-state index in [1.165, 1.54) is 0 Å². The van der Waals surface area contributed by atoms with E-state index in [-0.39, 0.29) is 5.97 Å². The van der Waals surface area contributed by atoms with E-state index in [2.05, 4.69) is 4.98 Å². The summed E-state index contributed by atoms with van der Waals surface area (Å²) in [7, 11) is 0. The number of halogens is 1. The van der Waals surface area contributed by atoms with Gasteiger partial charge in [0, 0.05) is 16.8 Å². The molecule has 18 heavy (non-hydrogen) atoms. The summed E-state index contributed by atoms with van der Waals surface area (Å²) in [6.45, 7) is 2.12. The number of hydrogen-bond donors (Lipinski definition) is 0.